The summed E-state index contributed by atoms with van der Waals surface area (Å²) in [4.78, 5) is 17.5. The number of rotatable bonds is 5. The number of thioether (sulfide) groups is 1. The number of aryl methyl sites for hydroxylation is 1. The molecular weight excluding hydrogens is 332 g/mol. The van der Waals surface area contributed by atoms with E-state index < -0.39 is 0 Å². The van der Waals surface area contributed by atoms with Crippen LogP contribution >= 0.6 is 11.8 Å². The van der Waals surface area contributed by atoms with Crippen LogP contribution in [-0.4, -0.2) is 66.0 Å². The molecule has 2 aliphatic rings. The quantitative estimate of drug-likeness (QED) is 0.805. The van der Waals surface area contributed by atoms with Crippen molar-refractivity contribution in [1.82, 2.24) is 9.80 Å². The van der Waals surface area contributed by atoms with Gasteiger partial charge in [-0.1, -0.05) is 24.6 Å². The van der Waals surface area contributed by atoms with E-state index in [4.69, 9.17) is 4.74 Å². The number of para-hydroxylation sites is 1. The number of carbonyl (C=O) groups excluding carboxylic acids is 1. The minimum absolute atomic E-state index is 0.132. The molecule has 2 fully saturated rings. The van der Waals surface area contributed by atoms with E-state index in [2.05, 4.69) is 9.80 Å². The van der Waals surface area contributed by atoms with Gasteiger partial charge in [0.2, 0.25) is 0 Å². The standard InChI is InChI=1S/C20H30N2O2S/c1-17-8-3-4-9-19(17)24-15-20(23)22-12-7-13-25-16-18(22)14-21-10-5-2-6-11-21/h3-4,8-9,18H,2,5-7,10-16H2,1H3. The molecule has 0 aliphatic carbocycles. The van der Waals surface area contributed by atoms with Gasteiger partial charge in [0.15, 0.2) is 6.61 Å². The Hall–Kier alpha value is -1.20. The predicted octanol–water partition coefficient (Wildman–Crippen LogP) is 3.19. The number of nitrogens with zero attached hydrogens (tertiary/aromatic N) is 2. The summed E-state index contributed by atoms with van der Waals surface area (Å²) >= 11 is 1.99. The summed E-state index contributed by atoms with van der Waals surface area (Å²) < 4.78 is 5.82. The number of carbonyl (C=O) groups is 1. The Balaban J connectivity index is 1.59. The van der Waals surface area contributed by atoms with Crippen LogP contribution in [0.2, 0.25) is 0 Å². The molecule has 0 radical (unpaired) electrons. The summed E-state index contributed by atoms with van der Waals surface area (Å²) in [5.41, 5.74) is 1.08. The lowest BCUT2D eigenvalue weighted by molar-refractivity contribution is -0.135. The number of hydrogen-bond donors (Lipinski definition) is 0. The maximum Gasteiger partial charge on any atom is 0.260 e. The van der Waals surface area contributed by atoms with Crippen molar-refractivity contribution in [3.8, 4) is 5.75 Å². The fourth-order valence-corrected chi connectivity index (χ4v) is 4.75. The van der Waals surface area contributed by atoms with Crippen molar-refractivity contribution in [1.29, 1.82) is 0 Å². The van der Waals surface area contributed by atoms with Gasteiger partial charge >= 0.3 is 0 Å². The molecular formula is C20H30N2O2S. The number of likely N-dealkylation sites (tertiary alicyclic amines) is 1. The van der Waals surface area contributed by atoms with Crippen LogP contribution in [0.3, 0.4) is 0 Å². The van der Waals surface area contributed by atoms with Gasteiger partial charge in [0, 0.05) is 18.8 Å². The molecule has 1 amide bonds. The summed E-state index contributed by atoms with van der Waals surface area (Å²) in [5.74, 6) is 3.14. The van der Waals surface area contributed by atoms with Gasteiger partial charge < -0.3 is 14.5 Å². The monoisotopic (exact) mass is 362 g/mol. The van der Waals surface area contributed by atoms with Crippen molar-refractivity contribution < 1.29 is 9.53 Å². The molecule has 4 nitrogen and oxygen atoms in total. The maximum atomic E-state index is 12.9. The van der Waals surface area contributed by atoms with E-state index in [9.17, 15) is 4.79 Å². The Morgan fingerprint density at radius 2 is 1.96 bits per heavy atom. The van der Waals surface area contributed by atoms with Crippen molar-refractivity contribution in [2.24, 2.45) is 0 Å². The fourth-order valence-electron chi connectivity index (χ4n) is 3.69. The average molecular weight is 363 g/mol. The lowest BCUT2D eigenvalue weighted by Gasteiger charge is -2.35. The highest BCUT2D eigenvalue weighted by Crippen LogP contribution is 2.21. The molecule has 2 saturated heterocycles. The maximum absolute atomic E-state index is 12.9. The van der Waals surface area contributed by atoms with E-state index in [-0.39, 0.29) is 12.5 Å². The van der Waals surface area contributed by atoms with Crippen molar-refractivity contribution in [2.75, 3.05) is 44.3 Å². The summed E-state index contributed by atoms with van der Waals surface area (Å²) in [6.07, 6.45) is 5.02. The smallest absolute Gasteiger partial charge is 0.260 e. The molecule has 2 aliphatic heterocycles. The zero-order chi connectivity index (χ0) is 17.5. The lowest BCUT2D eigenvalue weighted by Crippen LogP contribution is -2.50. The second-order valence-corrected chi connectivity index (χ2v) is 8.23. The first-order valence-corrected chi connectivity index (χ1v) is 10.7. The molecule has 5 heteroatoms. The highest BCUT2D eigenvalue weighted by atomic mass is 32.2. The van der Waals surface area contributed by atoms with E-state index in [1.165, 1.54) is 32.4 Å². The Kier molecular flexibility index (Phi) is 7.05. The summed E-state index contributed by atoms with van der Waals surface area (Å²) in [5, 5.41) is 0. The third-order valence-electron chi connectivity index (χ3n) is 5.12. The van der Waals surface area contributed by atoms with E-state index in [0.717, 1.165) is 42.3 Å². The van der Waals surface area contributed by atoms with Gasteiger partial charge in [0.1, 0.15) is 5.75 Å². The third-order valence-corrected chi connectivity index (χ3v) is 6.32. The summed E-state index contributed by atoms with van der Waals surface area (Å²) in [6.45, 7) is 6.41. The van der Waals surface area contributed by atoms with Crippen LogP contribution in [0.1, 0.15) is 31.2 Å². The van der Waals surface area contributed by atoms with E-state index in [1.807, 2.05) is 43.0 Å². The van der Waals surface area contributed by atoms with Crippen LogP contribution in [0.25, 0.3) is 0 Å². The van der Waals surface area contributed by atoms with Crippen LogP contribution in [0.5, 0.6) is 5.75 Å². The molecule has 0 saturated carbocycles. The van der Waals surface area contributed by atoms with Crippen molar-refractivity contribution in [3.05, 3.63) is 29.8 Å². The first-order valence-electron chi connectivity index (χ1n) is 9.52. The normalized spacial score (nSPS) is 22.4. The molecule has 1 unspecified atom stereocenters. The third kappa shape index (κ3) is 5.38. The molecule has 0 spiro atoms. The SMILES string of the molecule is Cc1ccccc1OCC(=O)N1CCCSCC1CN1CCCCC1. The largest absolute Gasteiger partial charge is 0.484 e. The predicted molar refractivity (Wildman–Crippen MR) is 104 cm³/mol. The number of benzene rings is 1. The molecule has 0 N–H and O–H groups in total. The Morgan fingerprint density at radius 3 is 2.76 bits per heavy atom. The minimum Gasteiger partial charge on any atom is -0.484 e. The topological polar surface area (TPSA) is 32.8 Å². The van der Waals surface area contributed by atoms with E-state index >= 15 is 0 Å². The fraction of sp³-hybridized carbons (Fsp3) is 0.650. The first-order chi connectivity index (χ1) is 12.2. The minimum atomic E-state index is 0.132. The highest BCUT2D eigenvalue weighted by Gasteiger charge is 2.28. The molecule has 0 bridgehead atoms. The molecule has 3 rings (SSSR count). The van der Waals surface area contributed by atoms with E-state index in [0.29, 0.717) is 6.04 Å². The number of amides is 1. The van der Waals surface area contributed by atoms with Gasteiger partial charge in [-0.05, 0) is 56.7 Å². The van der Waals surface area contributed by atoms with Crippen molar-refractivity contribution >= 4 is 17.7 Å². The van der Waals surface area contributed by atoms with Gasteiger partial charge in [0.25, 0.3) is 5.91 Å². The first kappa shape index (κ1) is 18.6. The summed E-state index contributed by atoms with van der Waals surface area (Å²) in [6, 6.07) is 8.21. The van der Waals surface area contributed by atoms with Crippen molar-refractivity contribution in [2.45, 2.75) is 38.6 Å². The molecule has 0 aromatic heterocycles. The van der Waals surface area contributed by atoms with Crippen LogP contribution in [0.15, 0.2) is 24.3 Å². The number of hydrogen-bond acceptors (Lipinski definition) is 4. The van der Waals surface area contributed by atoms with Crippen molar-refractivity contribution in [3.63, 3.8) is 0 Å². The zero-order valence-corrected chi connectivity index (χ0v) is 16.1. The van der Waals surface area contributed by atoms with Crippen LogP contribution in [0.4, 0.5) is 0 Å². The van der Waals surface area contributed by atoms with Gasteiger partial charge in [-0.2, -0.15) is 11.8 Å². The van der Waals surface area contributed by atoms with Crippen LogP contribution < -0.4 is 4.74 Å². The van der Waals surface area contributed by atoms with Crippen LogP contribution in [-0.2, 0) is 4.79 Å². The highest BCUT2D eigenvalue weighted by molar-refractivity contribution is 7.99. The van der Waals surface area contributed by atoms with Gasteiger partial charge in [0.05, 0.1) is 6.04 Å². The Labute approximate surface area is 155 Å². The second kappa shape index (κ2) is 9.48. The number of ether oxygens (including phenoxy) is 1. The molecule has 2 heterocycles. The molecule has 1 aromatic carbocycles. The van der Waals surface area contributed by atoms with Gasteiger partial charge in [-0.3, -0.25) is 4.79 Å². The second-order valence-electron chi connectivity index (χ2n) is 7.08. The lowest BCUT2D eigenvalue weighted by atomic mass is 10.1. The zero-order valence-electron chi connectivity index (χ0n) is 15.3. The Morgan fingerprint density at radius 1 is 1.16 bits per heavy atom. The van der Waals surface area contributed by atoms with Crippen LogP contribution in [0, 0.1) is 6.92 Å². The molecule has 1 atom stereocenters. The van der Waals surface area contributed by atoms with Gasteiger partial charge in [-0.15, -0.1) is 0 Å². The molecule has 25 heavy (non-hydrogen) atoms. The van der Waals surface area contributed by atoms with Gasteiger partial charge in [-0.25, -0.2) is 0 Å². The molecule has 138 valence electrons. The average Bonchev–Trinajstić information content (AvgIpc) is 2.87. The van der Waals surface area contributed by atoms with E-state index in [1.54, 1.807) is 0 Å². The summed E-state index contributed by atoms with van der Waals surface area (Å²) in [7, 11) is 0. The molecule has 1 aromatic rings. The number of piperidine rings is 1. The Bertz CT molecular complexity index is 560.